The van der Waals surface area contributed by atoms with Crippen molar-refractivity contribution in [1.82, 2.24) is 4.90 Å². The second-order valence-electron chi connectivity index (χ2n) is 6.58. The number of fused-ring (bicyclic) bond motifs is 1. The molecular formula is C17H20BNO7. The lowest BCUT2D eigenvalue weighted by molar-refractivity contribution is -0.141. The number of carbonyl (C=O) groups is 3. The van der Waals surface area contributed by atoms with Crippen LogP contribution in [0.25, 0.3) is 0 Å². The third kappa shape index (κ3) is 3.82. The molecule has 2 N–H and O–H groups in total. The van der Waals surface area contributed by atoms with Crippen LogP contribution in [0.15, 0.2) is 12.1 Å². The Morgan fingerprint density at radius 2 is 2.04 bits per heavy atom. The predicted octanol–water partition coefficient (Wildman–Crippen LogP) is 0.759. The highest BCUT2D eigenvalue weighted by molar-refractivity contribution is 6.44. The van der Waals surface area contributed by atoms with Crippen molar-refractivity contribution in [3.63, 3.8) is 0 Å². The number of aryl methyl sites for hydroxylation is 1. The van der Waals surface area contributed by atoms with Crippen LogP contribution in [-0.4, -0.2) is 59.0 Å². The number of carboxylic acids is 1. The number of rotatable bonds is 6. The molecule has 1 aromatic carbocycles. The number of amides is 1. The highest BCUT2D eigenvalue weighted by Gasteiger charge is 2.35. The molecule has 0 aromatic heterocycles. The van der Waals surface area contributed by atoms with E-state index in [1.54, 1.807) is 17.0 Å². The Bertz CT molecular complexity index is 745. The zero-order chi connectivity index (χ0) is 18.8. The van der Waals surface area contributed by atoms with Crippen molar-refractivity contribution < 1.29 is 33.9 Å². The molecule has 1 amide bonds. The van der Waals surface area contributed by atoms with Gasteiger partial charge in [0.25, 0.3) is 0 Å². The number of hydrogen-bond donors (Lipinski definition) is 2. The zero-order valence-corrected chi connectivity index (χ0v) is 14.4. The number of likely N-dealkylation sites (tertiary alicyclic amines) is 1. The van der Waals surface area contributed by atoms with Crippen molar-refractivity contribution in [1.29, 1.82) is 0 Å². The van der Waals surface area contributed by atoms with Gasteiger partial charge in [-0.1, -0.05) is 6.07 Å². The number of ketones is 1. The summed E-state index contributed by atoms with van der Waals surface area (Å²) < 4.78 is 11.1. The molecule has 26 heavy (non-hydrogen) atoms. The largest absolute Gasteiger partial charge is 0.535 e. The summed E-state index contributed by atoms with van der Waals surface area (Å²) in [6.45, 7) is 2.13. The van der Waals surface area contributed by atoms with Crippen molar-refractivity contribution in [2.45, 2.75) is 38.6 Å². The van der Waals surface area contributed by atoms with Crippen LogP contribution < -0.4 is 9.39 Å². The van der Waals surface area contributed by atoms with E-state index in [0.29, 0.717) is 25.8 Å². The minimum Gasteiger partial charge on any atom is -0.535 e. The second kappa shape index (κ2) is 7.37. The third-order valence-electron chi connectivity index (χ3n) is 4.51. The topological polar surface area (TPSA) is 113 Å². The molecule has 8 nitrogen and oxygen atoms in total. The van der Waals surface area contributed by atoms with Gasteiger partial charge in [-0.2, -0.15) is 0 Å². The summed E-state index contributed by atoms with van der Waals surface area (Å²) >= 11 is 0. The number of carboxylic acid groups (broad SMARTS) is 1. The minimum absolute atomic E-state index is 0.0333. The Morgan fingerprint density at radius 1 is 1.31 bits per heavy atom. The van der Waals surface area contributed by atoms with Crippen molar-refractivity contribution >= 4 is 24.8 Å². The Balaban J connectivity index is 1.66. The molecule has 0 radical (unpaired) electrons. The third-order valence-corrected chi connectivity index (χ3v) is 4.51. The van der Waals surface area contributed by atoms with Gasteiger partial charge >= 0.3 is 13.1 Å². The van der Waals surface area contributed by atoms with Gasteiger partial charge in [-0.3, -0.25) is 4.79 Å². The van der Waals surface area contributed by atoms with Gasteiger partial charge in [-0.05, 0) is 31.3 Å². The molecule has 2 aliphatic rings. The number of nitrogens with zero attached hydrogens (tertiary/aromatic N) is 1. The lowest BCUT2D eigenvalue weighted by atomic mass is 9.78. The van der Waals surface area contributed by atoms with Gasteiger partial charge in [0, 0.05) is 12.8 Å². The molecule has 0 unspecified atom stereocenters. The monoisotopic (exact) mass is 361 g/mol. The lowest BCUT2D eigenvalue weighted by Crippen LogP contribution is -2.56. The molecule has 0 atom stereocenters. The number of benzene rings is 1. The summed E-state index contributed by atoms with van der Waals surface area (Å²) in [7, 11) is -1.03. The summed E-state index contributed by atoms with van der Waals surface area (Å²) in [5.41, 5.74) is 0.609. The maximum Gasteiger partial charge on any atom is 0.522 e. The normalized spacial score (nSPS) is 16.4. The van der Waals surface area contributed by atoms with Gasteiger partial charge in [0.15, 0.2) is 0 Å². The zero-order valence-electron chi connectivity index (χ0n) is 14.4. The smallest absolute Gasteiger partial charge is 0.522 e. The van der Waals surface area contributed by atoms with E-state index in [4.69, 9.17) is 9.39 Å². The first-order valence-electron chi connectivity index (χ1n) is 8.53. The molecule has 0 saturated carbocycles. The first-order chi connectivity index (χ1) is 12.3. The van der Waals surface area contributed by atoms with Crippen LogP contribution in [0, 0.1) is 0 Å². The standard InChI is InChI=1S/C17H20BNO7/c1-10(20)2-5-14(21)19-8-12(9-19)25-13-4-3-11-6-7-18(24)26-16(11)15(13)17(22)23/h3-4,12,24H,2,5-9H2,1H3,(H,22,23). The van der Waals surface area contributed by atoms with E-state index in [1.165, 1.54) is 6.92 Å². The SMILES string of the molecule is CC(=O)CCC(=O)N1CC(Oc2ccc3c(c2C(=O)O)OB(O)CC3)C1. The van der Waals surface area contributed by atoms with Gasteiger partial charge < -0.3 is 29.2 Å². The molecule has 9 heteroatoms. The molecule has 1 saturated heterocycles. The average Bonchev–Trinajstić information content (AvgIpc) is 2.54. The minimum atomic E-state index is -1.19. The molecule has 1 aromatic rings. The van der Waals surface area contributed by atoms with Crippen LogP contribution in [0.1, 0.15) is 35.7 Å². The van der Waals surface area contributed by atoms with Crippen molar-refractivity contribution in [3.05, 3.63) is 23.3 Å². The average molecular weight is 361 g/mol. The van der Waals surface area contributed by atoms with E-state index in [9.17, 15) is 24.5 Å². The summed E-state index contributed by atoms with van der Waals surface area (Å²) in [6.07, 6.45) is 1.01. The predicted molar refractivity (Wildman–Crippen MR) is 91.4 cm³/mol. The number of ether oxygens (including phenoxy) is 1. The molecule has 1 fully saturated rings. The Labute approximate surface area is 150 Å². The fourth-order valence-corrected chi connectivity index (χ4v) is 3.05. The van der Waals surface area contributed by atoms with E-state index in [0.717, 1.165) is 5.56 Å². The van der Waals surface area contributed by atoms with Gasteiger partial charge in [0.2, 0.25) is 5.91 Å². The van der Waals surface area contributed by atoms with Crippen molar-refractivity contribution in [2.75, 3.05) is 13.1 Å². The first-order valence-corrected chi connectivity index (χ1v) is 8.53. The van der Waals surface area contributed by atoms with Gasteiger partial charge in [-0.25, -0.2) is 4.79 Å². The lowest BCUT2D eigenvalue weighted by Gasteiger charge is -2.39. The van der Waals surface area contributed by atoms with E-state index in [2.05, 4.69) is 0 Å². The summed E-state index contributed by atoms with van der Waals surface area (Å²) in [6, 6.07) is 3.32. The van der Waals surface area contributed by atoms with Crippen molar-refractivity contribution in [2.24, 2.45) is 0 Å². The summed E-state index contributed by atoms with van der Waals surface area (Å²) in [5, 5.41) is 19.2. The second-order valence-corrected chi connectivity index (χ2v) is 6.58. The maximum atomic E-state index is 11.9. The number of carbonyl (C=O) groups excluding carboxylic acids is 2. The molecule has 3 rings (SSSR count). The van der Waals surface area contributed by atoms with E-state index < -0.39 is 13.1 Å². The van der Waals surface area contributed by atoms with Gasteiger partial charge in [-0.15, -0.1) is 0 Å². The fraction of sp³-hybridized carbons (Fsp3) is 0.471. The van der Waals surface area contributed by atoms with Crippen LogP contribution in [-0.2, 0) is 16.0 Å². The van der Waals surface area contributed by atoms with Crippen molar-refractivity contribution in [3.8, 4) is 11.5 Å². The fourth-order valence-electron chi connectivity index (χ4n) is 3.05. The molecule has 0 aliphatic carbocycles. The molecule has 138 valence electrons. The highest BCUT2D eigenvalue weighted by atomic mass is 16.5. The first kappa shape index (κ1) is 18.3. The molecular weight excluding hydrogens is 341 g/mol. The van der Waals surface area contributed by atoms with Crippen LogP contribution in [0.5, 0.6) is 11.5 Å². The van der Waals surface area contributed by atoms with Crippen LogP contribution in [0.3, 0.4) is 0 Å². The number of aromatic carboxylic acids is 1. The Morgan fingerprint density at radius 3 is 2.69 bits per heavy atom. The maximum absolute atomic E-state index is 11.9. The Kier molecular flexibility index (Phi) is 5.17. The van der Waals surface area contributed by atoms with E-state index in [-0.39, 0.29) is 47.7 Å². The summed E-state index contributed by atoms with van der Waals surface area (Å²) in [4.78, 5) is 36.1. The quantitative estimate of drug-likeness (QED) is 0.719. The molecule has 0 spiro atoms. The number of hydrogen-bond acceptors (Lipinski definition) is 6. The van der Waals surface area contributed by atoms with Gasteiger partial charge in [0.05, 0.1) is 13.1 Å². The van der Waals surface area contributed by atoms with E-state index in [1.807, 2.05) is 0 Å². The summed E-state index contributed by atoms with van der Waals surface area (Å²) in [5.74, 6) is -1.04. The Hall–Kier alpha value is -2.55. The molecule has 0 bridgehead atoms. The van der Waals surface area contributed by atoms with Crippen LogP contribution in [0.2, 0.25) is 6.32 Å². The number of Topliss-reactive ketones (excluding diaryl/α,β-unsaturated/α-hetero) is 1. The van der Waals surface area contributed by atoms with Gasteiger partial charge in [0.1, 0.15) is 28.9 Å². The van der Waals surface area contributed by atoms with Crippen LogP contribution in [0.4, 0.5) is 0 Å². The van der Waals surface area contributed by atoms with E-state index >= 15 is 0 Å². The highest BCUT2D eigenvalue weighted by Crippen LogP contribution is 2.37. The molecule has 2 heterocycles. The molecule has 2 aliphatic heterocycles. The van der Waals surface area contributed by atoms with Crippen LogP contribution >= 0.6 is 0 Å².